The summed E-state index contributed by atoms with van der Waals surface area (Å²) in [5.74, 6) is -3.09. The van der Waals surface area contributed by atoms with E-state index in [1.165, 1.54) is 6.07 Å². The number of carboxylic acid groups (broad SMARTS) is 1. The largest absolute Gasteiger partial charge is 0.480 e. The molecular weight excluding hydrogens is 304 g/mol. The third kappa shape index (κ3) is 4.50. The predicted molar refractivity (Wildman–Crippen MR) is 80.9 cm³/mol. The van der Waals surface area contributed by atoms with Gasteiger partial charge in [0.15, 0.2) is 11.6 Å². The maximum Gasteiger partial charge on any atom is 0.329 e. The summed E-state index contributed by atoms with van der Waals surface area (Å²) < 4.78 is 25.9. The normalized spacial score (nSPS) is 16.8. The summed E-state index contributed by atoms with van der Waals surface area (Å²) in [5, 5.41) is 12.1. The molecule has 1 aromatic rings. The van der Waals surface area contributed by atoms with Crippen molar-refractivity contribution < 1.29 is 23.5 Å². The number of aryl methyl sites for hydroxylation is 1. The molecule has 0 unspecified atom stereocenters. The smallest absolute Gasteiger partial charge is 0.329 e. The van der Waals surface area contributed by atoms with Crippen LogP contribution in [0.15, 0.2) is 18.2 Å². The van der Waals surface area contributed by atoms with Gasteiger partial charge in [0.1, 0.15) is 5.54 Å². The van der Waals surface area contributed by atoms with E-state index in [1.807, 2.05) is 0 Å². The molecule has 126 valence electrons. The molecule has 0 heterocycles. The molecule has 0 radical (unpaired) electrons. The molecule has 0 aromatic heterocycles. The summed E-state index contributed by atoms with van der Waals surface area (Å²) in [6, 6.07) is 3.66. The highest BCUT2D eigenvalue weighted by molar-refractivity contribution is 5.87. The number of carbonyl (C=O) groups is 2. The molecule has 1 aromatic carbocycles. The van der Waals surface area contributed by atoms with Crippen LogP contribution in [0.2, 0.25) is 0 Å². The molecule has 2 rings (SSSR count). The quantitative estimate of drug-likeness (QED) is 0.844. The third-order valence-corrected chi connectivity index (χ3v) is 4.35. The fourth-order valence-corrected chi connectivity index (χ4v) is 3.03. The molecule has 1 amide bonds. The number of benzene rings is 1. The van der Waals surface area contributed by atoms with Crippen molar-refractivity contribution >= 4 is 11.9 Å². The Hall–Kier alpha value is -1.98. The summed E-state index contributed by atoms with van der Waals surface area (Å²) >= 11 is 0. The standard InChI is InChI=1S/C17H21F2NO3/c18-13-8-7-12(11-14(13)19)5-4-6-15(21)20-17(16(22)23)9-2-1-3-10-17/h7-8,11H,1-6,9-10H2,(H,20,21)(H,22,23). The Morgan fingerprint density at radius 2 is 1.83 bits per heavy atom. The fourth-order valence-electron chi connectivity index (χ4n) is 3.03. The van der Waals surface area contributed by atoms with Gasteiger partial charge in [0.05, 0.1) is 0 Å². The van der Waals surface area contributed by atoms with E-state index >= 15 is 0 Å². The Morgan fingerprint density at radius 1 is 1.13 bits per heavy atom. The highest BCUT2D eigenvalue weighted by atomic mass is 19.2. The van der Waals surface area contributed by atoms with E-state index in [2.05, 4.69) is 5.32 Å². The molecule has 0 bridgehead atoms. The SMILES string of the molecule is O=C(CCCc1ccc(F)c(F)c1)NC1(C(=O)O)CCCCC1. The summed E-state index contributed by atoms with van der Waals surface area (Å²) in [6.07, 6.45) is 4.53. The summed E-state index contributed by atoms with van der Waals surface area (Å²) in [5.41, 5.74) is -0.528. The Balaban J connectivity index is 1.84. The van der Waals surface area contributed by atoms with Crippen molar-refractivity contribution in [2.75, 3.05) is 0 Å². The number of hydrogen-bond acceptors (Lipinski definition) is 2. The number of amides is 1. The van der Waals surface area contributed by atoms with Gasteiger partial charge in [-0.2, -0.15) is 0 Å². The zero-order valence-corrected chi connectivity index (χ0v) is 12.9. The lowest BCUT2D eigenvalue weighted by Gasteiger charge is -2.34. The van der Waals surface area contributed by atoms with Gasteiger partial charge in [0.25, 0.3) is 0 Å². The minimum Gasteiger partial charge on any atom is -0.480 e. The number of halogens is 2. The molecule has 1 aliphatic rings. The van der Waals surface area contributed by atoms with E-state index in [-0.39, 0.29) is 12.3 Å². The van der Waals surface area contributed by atoms with E-state index in [9.17, 15) is 23.5 Å². The number of hydrogen-bond donors (Lipinski definition) is 2. The van der Waals surface area contributed by atoms with Gasteiger partial charge in [0.2, 0.25) is 5.91 Å². The van der Waals surface area contributed by atoms with Gasteiger partial charge in [-0.3, -0.25) is 4.79 Å². The molecule has 23 heavy (non-hydrogen) atoms. The van der Waals surface area contributed by atoms with Gasteiger partial charge in [-0.15, -0.1) is 0 Å². The van der Waals surface area contributed by atoms with Gasteiger partial charge in [0, 0.05) is 6.42 Å². The van der Waals surface area contributed by atoms with Gasteiger partial charge in [-0.05, 0) is 43.4 Å². The highest BCUT2D eigenvalue weighted by Gasteiger charge is 2.40. The van der Waals surface area contributed by atoms with Crippen molar-refractivity contribution in [1.82, 2.24) is 5.32 Å². The lowest BCUT2D eigenvalue weighted by atomic mass is 9.81. The van der Waals surface area contributed by atoms with E-state index in [0.29, 0.717) is 31.2 Å². The van der Waals surface area contributed by atoms with Crippen molar-refractivity contribution in [3.63, 3.8) is 0 Å². The molecule has 0 aliphatic heterocycles. The summed E-state index contributed by atoms with van der Waals surface area (Å²) in [6.45, 7) is 0. The van der Waals surface area contributed by atoms with E-state index < -0.39 is 23.1 Å². The molecule has 0 atom stereocenters. The van der Waals surface area contributed by atoms with Crippen LogP contribution in [0.5, 0.6) is 0 Å². The van der Waals surface area contributed by atoms with Crippen LogP contribution in [-0.4, -0.2) is 22.5 Å². The number of aliphatic carboxylic acids is 1. The second-order valence-corrected chi connectivity index (χ2v) is 6.10. The van der Waals surface area contributed by atoms with E-state index in [4.69, 9.17) is 0 Å². The van der Waals surface area contributed by atoms with Crippen LogP contribution in [0.1, 0.15) is 50.5 Å². The maximum absolute atomic E-state index is 13.1. The van der Waals surface area contributed by atoms with Gasteiger partial charge >= 0.3 is 5.97 Å². The second-order valence-electron chi connectivity index (χ2n) is 6.10. The molecule has 2 N–H and O–H groups in total. The zero-order valence-electron chi connectivity index (χ0n) is 12.9. The summed E-state index contributed by atoms with van der Waals surface area (Å²) in [4.78, 5) is 23.5. The molecule has 0 saturated heterocycles. The number of rotatable bonds is 6. The first-order valence-corrected chi connectivity index (χ1v) is 7.91. The number of carbonyl (C=O) groups excluding carboxylic acids is 1. The molecule has 1 aliphatic carbocycles. The van der Waals surface area contributed by atoms with Crippen molar-refractivity contribution in [2.45, 2.75) is 56.9 Å². The minimum atomic E-state index is -1.14. The monoisotopic (exact) mass is 325 g/mol. The van der Waals surface area contributed by atoms with Crippen molar-refractivity contribution in [3.05, 3.63) is 35.4 Å². The number of carboxylic acids is 1. The molecule has 0 spiro atoms. The second kappa shape index (κ2) is 7.53. The van der Waals surface area contributed by atoms with E-state index in [0.717, 1.165) is 31.4 Å². The van der Waals surface area contributed by atoms with Crippen LogP contribution in [0.4, 0.5) is 8.78 Å². The first-order valence-electron chi connectivity index (χ1n) is 7.91. The molecule has 6 heteroatoms. The van der Waals surface area contributed by atoms with Crippen LogP contribution >= 0.6 is 0 Å². The van der Waals surface area contributed by atoms with Crippen LogP contribution in [0.3, 0.4) is 0 Å². The maximum atomic E-state index is 13.1. The van der Waals surface area contributed by atoms with Crippen LogP contribution in [-0.2, 0) is 16.0 Å². The van der Waals surface area contributed by atoms with E-state index in [1.54, 1.807) is 0 Å². The first kappa shape index (κ1) is 17.4. The fraction of sp³-hybridized carbons (Fsp3) is 0.529. The van der Waals surface area contributed by atoms with Gasteiger partial charge < -0.3 is 10.4 Å². The summed E-state index contributed by atoms with van der Waals surface area (Å²) in [7, 11) is 0. The van der Waals surface area contributed by atoms with Crippen LogP contribution in [0, 0.1) is 11.6 Å². The minimum absolute atomic E-state index is 0.161. The Morgan fingerprint density at radius 3 is 2.43 bits per heavy atom. The molecule has 1 fully saturated rings. The Kier molecular flexibility index (Phi) is 5.69. The Bertz CT molecular complexity index is 583. The van der Waals surface area contributed by atoms with Crippen molar-refractivity contribution in [2.24, 2.45) is 0 Å². The zero-order chi connectivity index (χ0) is 16.9. The average molecular weight is 325 g/mol. The predicted octanol–water partition coefficient (Wildman–Crippen LogP) is 3.19. The topological polar surface area (TPSA) is 66.4 Å². The van der Waals surface area contributed by atoms with Crippen molar-refractivity contribution in [1.29, 1.82) is 0 Å². The van der Waals surface area contributed by atoms with Gasteiger partial charge in [-0.1, -0.05) is 25.3 Å². The lowest BCUT2D eigenvalue weighted by molar-refractivity contribution is -0.149. The number of nitrogens with one attached hydrogen (secondary N) is 1. The first-order chi connectivity index (χ1) is 10.9. The molecule has 1 saturated carbocycles. The Labute approximate surface area is 133 Å². The average Bonchev–Trinajstić information content (AvgIpc) is 2.51. The van der Waals surface area contributed by atoms with Crippen LogP contribution in [0.25, 0.3) is 0 Å². The third-order valence-electron chi connectivity index (χ3n) is 4.35. The molecular formula is C17H21F2NO3. The van der Waals surface area contributed by atoms with Crippen LogP contribution < -0.4 is 5.32 Å². The molecule has 4 nitrogen and oxygen atoms in total. The van der Waals surface area contributed by atoms with Crippen molar-refractivity contribution in [3.8, 4) is 0 Å². The van der Waals surface area contributed by atoms with Gasteiger partial charge in [-0.25, -0.2) is 13.6 Å². The lowest BCUT2D eigenvalue weighted by Crippen LogP contribution is -2.55. The highest BCUT2D eigenvalue weighted by Crippen LogP contribution is 2.28.